The Bertz CT molecular complexity index is 698. The normalized spacial score (nSPS) is 14.7. The monoisotopic (exact) mass is 356 g/mol. The maximum Gasteiger partial charge on any atom is 0.274 e. The van der Waals surface area contributed by atoms with Crippen LogP contribution in [0, 0.1) is 0 Å². The predicted molar refractivity (Wildman–Crippen MR) is 101 cm³/mol. The third-order valence-corrected chi connectivity index (χ3v) is 4.20. The molecule has 2 heterocycles. The third kappa shape index (κ3) is 5.18. The molecule has 2 N–H and O–H groups in total. The van der Waals surface area contributed by atoms with Crippen LogP contribution in [0.2, 0.25) is 0 Å². The van der Waals surface area contributed by atoms with Gasteiger partial charge in [0.15, 0.2) is 0 Å². The van der Waals surface area contributed by atoms with Crippen molar-refractivity contribution in [1.82, 2.24) is 9.88 Å². The molecule has 0 aliphatic carbocycles. The zero-order valence-corrected chi connectivity index (χ0v) is 14.9. The highest BCUT2D eigenvalue weighted by atomic mass is 16.5. The summed E-state index contributed by atoms with van der Waals surface area (Å²) in [6.07, 6.45) is 1.68. The first-order valence-corrected chi connectivity index (χ1v) is 8.70. The largest absolute Gasteiger partial charge is 0.497 e. The van der Waals surface area contributed by atoms with Crippen LogP contribution in [0.5, 0.6) is 5.75 Å². The number of carbonyl (C=O) groups excluding carboxylic acids is 1. The maximum absolute atomic E-state index is 12.3. The lowest BCUT2D eigenvalue weighted by Crippen LogP contribution is -2.39. The molecule has 1 aromatic carbocycles. The van der Waals surface area contributed by atoms with Crippen molar-refractivity contribution in [2.45, 2.75) is 0 Å². The van der Waals surface area contributed by atoms with Gasteiger partial charge in [-0.15, -0.1) is 0 Å². The number of amides is 1. The van der Waals surface area contributed by atoms with Gasteiger partial charge < -0.3 is 20.1 Å². The molecule has 2 aromatic rings. The van der Waals surface area contributed by atoms with Crippen LogP contribution in [0.15, 0.2) is 42.6 Å². The van der Waals surface area contributed by atoms with E-state index in [2.05, 4.69) is 20.5 Å². The molecule has 7 heteroatoms. The lowest BCUT2D eigenvalue weighted by Gasteiger charge is -2.26. The Labute approximate surface area is 153 Å². The summed E-state index contributed by atoms with van der Waals surface area (Å²) < 4.78 is 10.4. The Kier molecular flexibility index (Phi) is 6.40. The first-order valence-electron chi connectivity index (χ1n) is 8.70. The van der Waals surface area contributed by atoms with Crippen molar-refractivity contribution >= 4 is 17.3 Å². The number of ether oxygens (including phenoxy) is 2. The van der Waals surface area contributed by atoms with E-state index < -0.39 is 0 Å². The fourth-order valence-corrected chi connectivity index (χ4v) is 2.69. The van der Waals surface area contributed by atoms with E-state index in [1.165, 1.54) is 0 Å². The van der Waals surface area contributed by atoms with Gasteiger partial charge in [-0.25, -0.2) is 4.98 Å². The number of nitrogens with zero attached hydrogens (tertiary/aromatic N) is 2. The molecule has 0 spiro atoms. The van der Waals surface area contributed by atoms with Gasteiger partial charge in [-0.2, -0.15) is 0 Å². The van der Waals surface area contributed by atoms with Gasteiger partial charge in [0.1, 0.15) is 11.4 Å². The minimum absolute atomic E-state index is 0.241. The standard InChI is InChI=1S/C19H24N4O3/c1-25-17-5-2-15(3-6-17)22-19(24)18-7-4-16(14-21-18)20-8-9-23-10-12-26-13-11-23/h2-7,14,20H,8-13H2,1H3,(H,22,24). The molecule has 7 nitrogen and oxygen atoms in total. The van der Waals surface area contributed by atoms with Crippen LogP contribution < -0.4 is 15.4 Å². The molecular weight excluding hydrogens is 332 g/mol. The number of carbonyl (C=O) groups is 1. The third-order valence-electron chi connectivity index (χ3n) is 4.20. The van der Waals surface area contributed by atoms with E-state index in [1.807, 2.05) is 6.07 Å². The minimum atomic E-state index is -0.241. The Morgan fingerprint density at radius 3 is 2.54 bits per heavy atom. The van der Waals surface area contributed by atoms with Gasteiger partial charge in [-0.3, -0.25) is 9.69 Å². The molecular formula is C19H24N4O3. The van der Waals surface area contributed by atoms with Crippen molar-refractivity contribution in [2.75, 3.05) is 57.1 Å². The van der Waals surface area contributed by atoms with E-state index in [4.69, 9.17) is 9.47 Å². The minimum Gasteiger partial charge on any atom is -0.497 e. The van der Waals surface area contributed by atoms with Crippen molar-refractivity contribution in [2.24, 2.45) is 0 Å². The van der Waals surface area contributed by atoms with Gasteiger partial charge in [0.05, 0.1) is 32.2 Å². The number of rotatable bonds is 7. The second-order valence-corrected chi connectivity index (χ2v) is 6.00. The number of hydrogen-bond acceptors (Lipinski definition) is 6. The van der Waals surface area contributed by atoms with E-state index >= 15 is 0 Å². The van der Waals surface area contributed by atoms with Crippen molar-refractivity contribution in [3.8, 4) is 5.75 Å². The summed E-state index contributed by atoms with van der Waals surface area (Å²) in [6.45, 7) is 5.36. The van der Waals surface area contributed by atoms with Crippen molar-refractivity contribution < 1.29 is 14.3 Å². The van der Waals surface area contributed by atoms with Gasteiger partial charge in [-0.1, -0.05) is 0 Å². The summed E-state index contributed by atoms with van der Waals surface area (Å²) in [6, 6.07) is 10.8. The summed E-state index contributed by atoms with van der Waals surface area (Å²) in [4.78, 5) is 18.9. The molecule has 1 aromatic heterocycles. The van der Waals surface area contributed by atoms with Gasteiger partial charge in [0.25, 0.3) is 5.91 Å². The number of methoxy groups -OCH3 is 1. The van der Waals surface area contributed by atoms with Crippen LogP contribution in [-0.2, 0) is 4.74 Å². The summed E-state index contributed by atoms with van der Waals surface area (Å²) in [5.74, 6) is 0.503. The Morgan fingerprint density at radius 1 is 1.15 bits per heavy atom. The van der Waals surface area contributed by atoms with Crippen LogP contribution in [0.1, 0.15) is 10.5 Å². The molecule has 0 saturated carbocycles. The summed E-state index contributed by atoms with van der Waals surface area (Å²) in [7, 11) is 1.61. The highest BCUT2D eigenvalue weighted by Crippen LogP contribution is 2.16. The predicted octanol–water partition coefficient (Wildman–Crippen LogP) is 2.09. The van der Waals surface area contributed by atoms with Crippen molar-refractivity contribution in [3.63, 3.8) is 0 Å². The molecule has 138 valence electrons. The lowest BCUT2D eigenvalue weighted by atomic mass is 10.2. The van der Waals surface area contributed by atoms with E-state index in [9.17, 15) is 4.79 Å². The smallest absolute Gasteiger partial charge is 0.274 e. The van der Waals surface area contributed by atoms with E-state index in [0.717, 1.165) is 50.8 Å². The lowest BCUT2D eigenvalue weighted by molar-refractivity contribution is 0.0398. The number of anilines is 2. The fourth-order valence-electron chi connectivity index (χ4n) is 2.69. The highest BCUT2D eigenvalue weighted by Gasteiger charge is 2.10. The molecule has 1 aliphatic rings. The number of morpholine rings is 1. The van der Waals surface area contributed by atoms with E-state index in [0.29, 0.717) is 11.4 Å². The molecule has 0 bridgehead atoms. The Balaban J connectivity index is 1.47. The Hall–Kier alpha value is -2.64. The van der Waals surface area contributed by atoms with Crippen LogP contribution >= 0.6 is 0 Å². The number of benzene rings is 1. The van der Waals surface area contributed by atoms with Crippen LogP contribution in [0.4, 0.5) is 11.4 Å². The average molecular weight is 356 g/mol. The van der Waals surface area contributed by atoms with Gasteiger partial charge >= 0.3 is 0 Å². The molecule has 0 radical (unpaired) electrons. The molecule has 26 heavy (non-hydrogen) atoms. The van der Waals surface area contributed by atoms with Gasteiger partial charge in [0.2, 0.25) is 0 Å². The van der Waals surface area contributed by atoms with Crippen molar-refractivity contribution in [1.29, 1.82) is 0 Å². The zero-order chi connectivity index (χ0) is 18.2. The fraction of sp³-hybridized carbons (Fsp3) is 0.368. The number of pyridine rings is 1. The topological polar surface area (TPSA) is 75.7 Å². The molecule has 3 rings (SSSR count). The number of hydrogen-bond donors (Lipinski definition) is 2. The van der Waals surface area contributed by atoms with E-state index in [-0.39, 0.29) is 5.91 Å². The average Bonchev–Trinajstić information content (AvgIpc) is 2.70. The highest BCUT2D eigenvalue weighted by molar-refractivity contribution is 6.02. The second-order valence-electron chi connectivity index (χ2n) is 6.00. The zero-order valence-electron chi connectivity index (χ0n) is 14.9. The maximum atomic E-state index is 12.3. The van der Waals surface area contributed by atoms with Crippen LogP contribution in [0.25, 0.3) is 0 Å². The number of nitrogens with one attached hydrogen (secondary N) is 2. The molecule has 0 atom stereocenters. The SMILES string of the molecule is COc1ccc(NC(=O)c2ccc(NCCN3CCOCC3)cn2)cc1. The van der Waals surface area contributed by atoms with Gasteiger partial charge in [0, 0.05) is 31.9 Å². The number of aromatic nitrogens is 1. The first-order chi connectivity index (χ1) is 12.7. The molecule has 1 saturated heterocycles. The van der Waals surface area contributed by atoms with Crippen LogP contribution in [-0.4, -0.2) is 62.3 Å². The molecule has 1 aliphatic heterocycles. The summed E-state index contributed by atoms with van der Waals surface area (Å²) >= 11 is 0. The van der Waals surface area contributed by atoms with E-state index in [1.54, 1.807) is 43.6 Å². The first kappa shape index (κ1) is 18.2. The van der Waals surface area contributed by atoms with Gasteiger partial charge in [-0.05, 0) is 36.4 Å². The van der Waals surface area contributed by atoms with Crippen LogP contribution in [0.3, 0.4) is 0 Å². The Morgan fingerprint density at radius 2 is 1.88 bits per heavy atom. The summed E-state index contributed by atoms with van der Waals surface area (Å²) in [5, 5.41) is 6.15. The molecule has 0 unspecified atom stereocenters. The molecule has 1 fully saturated rings. The van der Waals surface area contributed by atoms with Crippen molar-refractivity contribution in [3.05, 3.63) is 48.3 Å². The second kappa shape index (κ2) is 9.17. The quantitative estimate of drug-likeness (QED) is 0.791. The molecule has 1 amide bonds. The summed E-state index contributed by atoms with van der Waals surface area (Å²) in [5.41, 5.74) is 1.98.